The van der Waals surface area contributed by atoms with Crippen LogP contribution in [-0.2, 0) is 4.79 Å². The van der Waals surface area contributed by atoms with Crippen LogP contribution in [0, 0.1) is 17.8 Å². The summed E-state index contributed by atoms with van der Waals surface area (Å²) in [6.07, 6.45) is 8.44. The highest BCUT2D eigenvalue weighted by Gasteiger charge is 2.30. The Morgan fingerprint density at radius 3 is 2.89 bits per heavy atom. The van der Waals surface area contributed by atoms with Crippen molar-refractivity contribution in [3.8, 4) is 0 Å². The van der Waals surface area contributed by atoms with E-state index in [0.717, 1.165) is 37.6 Å². The summed E-state index contributed by atoms with van der Waals surface area (Å²) in [5, 5.41) is 0. The lowest BCUT2D eigenvalue weighted by molar-refractivity contribution is -0.126. The average molecular weight is 251 g/mol. The molecule has 18 heavy (non-hydrogen) atoms. The van der Waals surface area contributed by atoms with Crippen molar-refractivity contribution in [2.45, 2.75) is 58.8 Å². The SMILES string of the molecule is CCCC1CCC(=O)C(CN2CCCC(C)C2)C1. The molecule has 3 unspecified atom stereocenters. The Balaban J connectivity index is 1.84. The van der Waals surface area contributed by atoms with E-state index in [2.05, 4.69) is 18.7 Å². The van der Waals surface area contributed by atoms with E-state index in [0.29, 0.717) is 11.7 Å². The molecule has 1 heterocycles. The van der Waals surface area contributed by atoms with Gasteiger partial charge in [0.25, 0.3) is 0 Å². The van der Waals surface area contributed by atoms with Crippen LogP contribution >= 0.6 is 0 Å². The maximum absolute atomic E-state index is 12.1. The van der Waals surface area contributed by atoms with E-state index >= 15 is 0 Å². The van der Waals surface area contributed by atoms with E-state index in [1.54, 1.807) is 0 Å². The minimum absolute atomic E-state index is 0.348. The summed E-state index contributed by atoms with van der Waals surface area (Å²) in [5.41, 5.74) is 0. The van der Waals surface area contributed by atoms with E-state index in [9.17, 15) is 4.79 Å². The van der Waals surface area contributed by atoms with Gasteiger partial charge in [0, 0.05) is 25.4 Å². The Hall–Kier alpha value is -0.370. The first-order valence-corrected chi connectivity index (χ1v) is 7.94. The normalized spacial score (nSPS) is 34.8. The fourth-order valence-corrected chi connectivity index (χ4v) is 3.81. The molecule has 0 aromatic rings. The number of carbonyl (C=O) groups excluding carboxylic acids is 1. The maximum Gasteiger partial charge on any atom is 0.137 e. The van der Waals surface area contributed by atoms with Crippen molar-refractivity contribution < 1.29 is 4.79 Å². The quantitative estimate of drug-likeness (QED) is 0.762. The third kappa shape index (κ3) is 3.81. The van der Waals surface area contributed by atoms with Crippen LogP contribution in [0.5, 0.6) is 0 Å². The standard InChI is InChI=1S/C16H29NO/c1-3-5-14-7-8-16(18)15(10-14)12-17-9-4-6-13(2)11-17/h13-15H,3-12H2,1-2H3. The highest BCUT2D eigenvalue weighted by atomic mass is 16.1. The van der Waals surface area contributed by atoms with Crippen molar-refractivity contribution in [2.75, 3.05) is 19.6 Å². The molecule has 104 valence electrons. The monoisotopic (exact) mass is 251 g/mol. The first kappa shape index (κ1) is 14.0. The van der Waals surface area contributed by atoms with Crippen molar-refractivity contribution in [3.63, 3.8) is 0 Å². The van der Waals surface area contributed by atoms with Crippen molar-refractivity contribution in [1.82, 2.24) is 4.90 Å². The highest BCUT2D eigenvalue weighted by molar-refractivity contribution is 5.81. The van der Waals surface area contributed by atoms with Crippen LogP contribution in [0.25, 0.3) is 0 Å². The van der Waals surface area contributed by atoms with Gasteiger partial charge in [0.15, 0.2) is 0 Å². The molecule has 0 radical (unpaired) electrons. The van der Waals surface area contributed by atoms with Gasteiger partial charge in [-0.05, 0) is 44.1 Å². The van der Waals surface area contributed by atoms with Gasteiger partial charge >= 0.3 is 0 Å². The second-order valence-electron chi connectivity index (χ2n) is 6.60. The van der Waals surface area contributed by atoms with Crippen LogP contribution in [0.4, 0.5) is 0 Å². The topological polar surface area (TPSA) is 20.3 Å². The molecule has 1 aliphatic heterocycles. The van der Waals surface area contributed by atoms with Crippen LogP contribution in [0.1, 0.15) is 58.8 Å². The molecular weight excluding hydrogens is 222 g/mol. The number of likely N-dealkylation sites (tertiary alicyclic amines) is 1. The Labute approximate surface area is 112 Å². The van der Waals surface area contributed by atoms with Crippen molar-refractivity contribution in [1.29, 1.82) is 0 Å². The zero-order valence-corrected chi connectivity index (χ0v) is 12.2. The fourth-order valence-electron chi connectivity index (χ4n) is 3.81. The van der Waals surface area contributed by atoms with E-state index in [-0.39, 0.29) is 0 Å². The molecule has 1 saturated carbocycles. The van der Waals surface area contributed by atoms with Crippen molar-refractivity contribution >= 4 is 5.78 Å². The number of carbonyl (C=O) groups is 1. The third-order valence-corrected chi connectivity index (χ3v) is 4.79. The Bertz CT molecular complexity index is 276. The first-order valence-electron chi connectivity index (χ1n) is 7.94. The molecular formula is C16H29NO. The molecule has 2 rings (SSSR count). The number of Topliss-reactive ketones (excluding diaryl/α,β-unsaturated/α-hetero) is 1. The lowest BCUT2D eigenvalue weighted by atomic mass is 9.78. The summed E-state index contributed by atoms with van der Waals surface area (Å²) in [4.78, 5) is 14.6. The maximum atomic E-state index is 12.1. The number of nitrogens with zero attached hydrogens (tertiary/aromatic N) is 1. The predicted molar refractivity (Wildman–Crippen MR) is 75.6 cm³/mol. The molecule has 0 bridgehead atoms. The van der Waals surface area contributed by atoms with Crippen LogP contribution in [-0.4, -0.2) is 30.3 Å². The summed E-state index contributed by atoms with van der Waals surface area (Å²) in [5.74, 6) is 2.53. The van der Waals surface area contributed by atoms with Gasteiger partial charge in [-0.1, -0.05) is 26.7 Å². The zero-order valence-electron chi connectivity index (χ0n) is 12.2. The van der Waals surface area contributed by atoms with Gasteiger partial charge in [-0.25, -0.2) is 0 Å². The summed E-state index contributed by atoms with van der Waals surface area (Å²) < 4.78 is 0. The van der Waals surface area contributed by atoms with Crippen molar-refractivity contribution in [2.24, 2.45) is 17.8 Å². The molecule has 0 aromatic heterocycles. The number of hydrogen-bond acceptors (Lipinski definition) is 2. The number of ketones is 1. The molecule has 0 N–H and O–H groups in total. The average Bonchev–Trinajstić information content (AvgIpc) is 2.34. The van der Waals surface area contributed by atoms with Gasteiger partial charge in [-0.2, -0.15) is 0 Å². The minimum Gasteiger partial charge on any atom is -0.302 e. The second kappa shape index (κ2) is 6.70. The summed E-state index contributed by atoms with van der Waals surface area (Å²) in [6.45, 7) is 8.07. The van der Waals surface area contributed by atoms with Crippen molar-refractivity contribution in [3.05, 3.63) is 0 Å². The largest absolute Gasteiger partial charge is 0.302 e. The lowest BCUT2D eigenvalue weighted by Crippen LogP contribution is -2.41. The van der Waals surface area contributed by atoms with Crippen LogP contribution in [0.3, 0.4) is 0 Å². The molecule has 2 aliphatic rings. The fraction of sp³-hybridized carbons (Fsp3) is 0.938. The van der Waals surface area contributed by atoms with Gasteiger partial charge in [-0.3, -0.25) is 4.79 Å². The molecule has 2 heteroatoms. The summed E-state index contributed by atoms with van der Waals surface area (Å²) in [7, 11) is 0. The molecule has 1 saturated heterocycles. The summed E-state index contributed by atoms with van der Waals surface area (Å²) >= 11 is 0. The molecule has 0 aromatic carbocycles. The Kier molecular flexibility index (Phi) is 5.23. The van der Waals surface area contributed by atoms with E-state index in [4.69, 9.17) is 0 Å². The number of rotatable bonds is 4. The minimum atomic E-state index is 0.348. The van der Waals surface area contributed by atoms with Gasteiger partial charge in [0.1, 0.15) is 5.78 Å². The number of piperidine rings is 1. The summed E-state index contributed by atoms with van der Waals surface area (Å²) in [6, 6.07) is 0. The van der Waals surface area contributed by atoms with Gasteiger partial charge < -0.3 is 4.90 Å². The predicted octanol–water partition coefficient (Wildman–Crippen LogP) is 3.50. The second-order valence-corrected chi connectivity index (χ2v) is 6.60. The van der Waals surface area contributed by atoms with E-state index in [1.165, 1.54) is 38.8 Å². The molecule has 2 fully saturated rings. The van der Waals surface area contributed by atoms with Gasteiger partial charge in [0.2, 0.25) is 0 Å². The smallest absolute Gasteiger partial charge is 0.137 e. The molecule has 2 nitrogen and oxygen atoms in total. The van der Waals surface area contributed by atoms with Gasteiger partial charge in [-0.15, -0.1) is 0 Å². The molecule has 1 aliphatic carbocycles. The first-order chi connectivity index (χ1) is 8.69. The van der Waals surface area contributed by atoms with Crippen LogP contribution in [0.2, 0.25) is 0 Å². The Morgan fingerprint density at radius 2 is 2.17 bits per heavy atom. The third-order valence-electron chi connectivity index (χ3n) is 4.79. The molecule has 3 atom stereocenters. The highest BCUT2D eigenvalue weighted by Crippen LogP contribution is 2.31. The Morgan fingerprint density at radius 1 is 1.33 bits per heavy atom. The molecule has 0 spiro atoms. The van der Waals surface area contributed by atoms with E-state index in [1.807, 2.05) is 0 Å². The van der Waals surface area contributed by atoms with Gasteiger partial charge in [0.05, 0.1) is 0 Å². The van der Waals surface area contributed by atoms with E-state index < -0.39 is 0 Å². The van der Waals surface area contributed by atoms with Crippen LogP contribution in [0.15, 0.2) is 0 Å². The zero-order chi connectivity index (χ0) is 13.0. The lowest BCUT2D eigenvalue weighted by Gasteiger charge is -2.36. The van der Waals surface area contributed by atoms with Crippen LogP contribution < -0.4 is 0 Å². The number of hydrogen-bond donors (Lipinski definition) is 0. The molecule has 0 amide bonds.